The Morgan fingerprint density at radius 2 is 1.10 bits per heavy atom. The van der Waals surface area contributed by atoms with E-state index < -0.39 is 0 Å². The second kappa shape index (κ2) is 10.1. The molecule has 0 N–H and O–H groups in total. The molecule has 7 aromatic carbocycles. The molecule has 0 spiro atoms. The largest absolute Gasteiger partial charge is 0.309 e. The zero-order chi connectivity index (χ0) is 32.1. The van der Waals surface area contributed by atoms with Gasteiger partial charge in [-0.15, -0.1) is 11.3 Å². The summed E-state index contributed by atoms with van der Waals surface area (Å²) in [5, 5.41) is 8.51. The van der Waals surface area contributed by atoms with Gasteiger partial charge in [0.05, 0.1) is 33.3 Å². The van der Waals surface area contributed by atoms with Crippen molar-refractivity contribution >= 4 is 86.0 Å². The lowest BCUT2D eigenvalue weighted by Gasteiger charge is -2.12. The van der Waals surface area contributed by atoms with Gasteiger partial charge >= 0.3 is 0 Å². The number of para-hydroxylation sites is 3. The molecule has 49 heavy (non-hydrogen) atoms. The van der Waals surface area contributed by atoms with Gasteiger partial charge in [0, 0.05) is 58.4 Å². The van der Waals surface area contributed by atoms with Crippen LogP contribution >= 0.6 is 11.3 Å². The molecule has 0 amide bonds. The van der Waals surface area contributed by atoms with Gasteiger partial charge in [-0.2, -0.15) is 0 Å². The molecule has 0 aliphatic heterocycles. The molecule has 5 heteroatoms. The summed E-state index contributed by atoms with van der Waals surface area (Å²) in [5.41, 5.74) is 8.58. The third kappa shape index (κ3) is 3.79. The smallest absolute Gasteiger partial charge is 0.235 e. The molecule has 0 bridgehead atoms. The zero-order valence-electron chi connectivity index (χ0n) is 26.2. The van der Waals surface area contributed by atoms with Crippen LogP contribution in [-0.2, 0) is 0 Å². The van der Waals surface area contributed by atoms with Crippen LogP contribution in [0.3, 0.4) is 0 Å². The minimum Gasteiger partial charge on any atom is -0.309 e. The van der Waals surface area contributed by atoms with Crippen LogP contribution in [0.1, 0.15) is 0 Å². The average Bonchev–Trinajstić information content (AvgIpc) is 3.81. The molecule has 0 saturated heterocycles. The summed E-state index contributed by atoms with van der Waals surface area (Å²) in [4.78, 5) is 10.7. The summed E-state index contributed by atoms with van der Waals surface area (Å²) in [5.74, 6) is 0.665. The van der Waals surface area contributed by atoms with Crippen LogP contribution in [0, 0.1) is 0 Å². The first kappa shape index (κ1) is 26.7. The fraction of sp³-hybridized carbons (Fsp3) is 0. The number of benzene rings is 7. The molecule has 0 saturated carbocycles. The molecule has 11 aromatic rings. The Hall–Kier alpha value is -6.30. The van der Waals surface area contributed by atoms with Gasteiger partial charge in [0.2, 0.25) is 5.95 Å². The van der Waals surface area contributed by atoms with E-state index in [1.165, 1.54) is 47.2 Å². The number of thiophene rings is 1. The van der Waals surface area contributed by atoms with Crippen molar-refractivity contribution in [3.05, 3.63) is 158 Å². The molecular formula is C44H26N4S. The van der Waals surface area contributed by atoms with E-state index in [9.17, 15) is 0 Å². The van der Waals surface area contributed by atoms with Gasteiger partial charge in [0.25, 0.3) is 0 Å². The van der Waals surface area contributed by atoms with Gasteiger partial charge in [-0.05, 0) is 54.6 Å². The van der Waals surface area contributed by atoms with Crippen molar-refractivity contribution in [1.29, 1.82) is 0 Å². The summed E-state index contributed by atoms with van der Waals surface area (Å²) in [7, 11) is 0. The molecule has 0 atom stereocenters. The molecule has 0 radical (unpaired) electrons. The summed E-state index contributed by atoms with van der Waals surface area (Å²) >= 11 is 1.85. The summed E-state index contributed by atoms with van der Waals surface area (Å²) in [6.45, 7) is 0. The highest BCUT2D eigenvalue weighted by molar-refractivity contribution is 7.26. The number of fused-ring (bicyclic) bond motifs is 11. The Balaban J connectivity index is 1.36. The Morgan fingerprint density at radius 3 is 1.96 bits per heavy atom. The lowest BCUT2D eigenvalue weighted by atomic mass is 10.0. The van der Waals surface area contributed by atoms with Crippen LogP contribution in [-0.4, -0.2) is 19.1 Å². The molecule has 0 aliphatic rings. The molecule has 0 unspecified atom stereocenters. The van der Waals surface area contributed by atoms with E-state index in [1.54, 1.807) is 0 Å². The highest BCUT2D eigenvalue weighted by atomic mass is 32.1. The predicted octanol–water partition coefficient (Wildman–Crippen LogP) is 11.9. The topological polar surface area (TPSA) is 35.6 Å². The SMILES string of the molecule is c1ccc(-c2nc(-n3c4cc5c(cc4c4c6c(ccc43)sc3ccccc36)c3ccccc3n5-c3ccccc3)nc3ccccc23)cc1. The minimum atomic E-state index is 0.665. The van der Waals surface area contributed by atoms with Crippen molar-refractivity contribution in [1.82, 2.24) is 19.1 Å². The van der Waals surface area contributed by atoms with E-state index in [4.69, 9.17) is 9.97 Å². The first-order chi connectivity index (χ1) is 24.3. The van der Waals surface area contributed by atoms with Crippen molar-refractivity contribution < 1.29 is 0 Å². The minimum absolute atomic E-state index is 0.665. The van der Waals surface area contributed by atoms with Gasteiger partial charge in [-0.1, -0.05) is 103 Å². The van der Waals surface area contributed by atoms with Crippen molar-refractivity contribution in [2.75, 3.05) is 0 Å². The van der Waals surface area contributed by atoms with Crippen LogP contribution in [0.4, 0.5) is 0 Å². The lowest BCUT2D eigenvalue weighted by Crippen LogP contribution is -2.03. The monoisotopic (exact) mass is 642 g/mol. The highest BCUT2D eigenvalue weighted by Gasteiger charge is 2.23. The predicted molar refractivity (Wildman–Crippen MR) is 207 cm³/mol. The Bertz CT molecular complexity index is 3100. The maximum atomic E-state index is 5.39. The molecule has 228 valence electrons. The summed E-state index contributed by atoms with van der Waals surface area (Å²) < 4.78 is 7.25. The quantitative estimate of drug-likeness (QED) is 0.192. The van der Waals surface area contributed by atoms with E-state index in [0.29, 0.717) is 5.95 Å². The van der Waals surface area contributed by atoms with E-state index in [-0.39, 0.29) is 0 Å². The van der Waals surface area contributed by atoms with Gasteiger partial charge in [0.1, 0.15) is 0 Å². The van der Waals surface area contributed by atoms with Crippen LogP contribution in [0.25, 0.3) is 97.6 Å². The standard InChI is InChI=1S/C44H26N4S/c1-3-13-27(14-4-1)43-30-18-7-10-20-34(30)45-44(46-43)48-36-23-24-40-42(31-19-9-12-22-39(31)49-40)41(36)33-25-32-29-17-8-11-21-35(29)47(37(32)26-38(33)48)28-15-5-2-6-16-28/h1-26H. The van der Waals surface area contributed by atoms with Crippen LogP contribution in [0.5, 0.6) is 0 Å². The Morgan fingerprint density at radius 1 is 0.408 bits per heavy atom. The number of aromatic nitrogens is 4. The molecule has 11 rings (SSSR count). The summed E-state index contributed by atoms with van der Waals surface area (Å²) in [6, 6.07) is 56.3. The fourth-order valence-electron chi connectivity index (χ4n) is 7.83. The van der Waals surface area contributed by atoms with Crippen molar-refractivity contribution in [2.24, 2.45) is 0 Å². The van der Waals surface area contributed by atoms with E-state index in [1.807, 2.05) is 17.4 Å². The first-order valence-electron chi connectivity index (χ1n) is 16.5. The maximum Gasteiger partial charge on any atom is 0.235 e. The highest BCUT2D eigenvalue weighted by Crippen LogP contribution is 2.45. The van der Waals surface area contributed by atoms with Gasteiger partial charge in [-0.25, -0.2) is 9.97 Å². The van der Waals surface area contributed by atoms with Gasteiger partial charge in [0.15, 0.2) is 0 Å². The average molecular weight is 643 g/mol. The van der Waals surface area contributed by atoms with Crippen molar-refractivity contribution in [3.8, 4) is 22.9 Å². The van der Waals surface area contributed by atoms with E-state index in [2.05, 4.69) is 161 Å². The third-order valence-electron chi connectivity index (χ3n) is 9.92. The van der Waals surface area contributed by atoms with Crippen LogP contribution in [0.2, 0.25) is 0 Å². The second-order valence-electron chi connectivity index (χ2n) is 12.6. The summed E-state index contributed by atoms with van der Waals surface area (Å²) in [6.07, 6.45) is 0. The molecule has 4 nitrogen and oxygen atoms in total. The van der Waals surface area contributed by atoms with E-state index in [0.717, 1.165) is 44.4 Å². The first-order valence-corrected chi connectivity index (χ1v) is 17.3. The van der Waals surface area contributed by atoms with Gasteiger partial charge < -0.3 is 4.57 Å². The fourth-order valence-corrected chi connectivity index (χ4v) is 8.95. The second-order valence-corrected chi connectivity index (χ2v) is 13.7. The molecule has 4 aromatic heterocycles. The third-order valence-corrected chi connectivity index (χ3v) is 11.1. The van der Waals surface area contributed by atoms with Gasteiger partial charge in [-0.3, -0.25) is 4.57 Å². The molecule has 4 heterocycles. The zero-order valence-corrected chi connectivity index (χ0v) is 27.0. The number of nitrogens with zero attached hydrogens (tertiary/aromatic N) is 4. The van der Waals surface area contributed by atoms with Crippen LogP contribution < -0.4 is 0 Å². The lowest BCUT2D eigenvalue weighted by molar-refractivity contribution is 1.01. The Kier molecular flexibility index (Phi) is 5.51. The van der Waals surface area contributed by atoms with Crippen molar-refractivity contribution in [3.63, 3.8) is 0 Å². The number of hydrogen-bond donors (Lipinski definition) is 0. The van der Waals surface area contributed by atoms with Crippen LogP contribution in [0.15, 0.2) is 158 Å². The molecule has 0 fully saturated rings. The Labute approximate surface area is 284 Å². The normalized spacial score (nSPS) is 12.1. The number of rotatable bonds is 3. The maximum absolute atomic E-state index is 5.39. The molecule has 0 aliphatic carbocycles. The number of hydrogen-bond acceptors (Lipinski definition) is 3. The van der Waals surface area contributed by atoms with Crippen molar-refractivity contribution in [2.45, 2.75) is 0 Å². The molecular weight excluding hydrogens is 617 g/mol. The van der Waals surface area contributed by atoms with E-state index >= 15 is 0 Å².